The highest BCUT2D eigenvalue weighted by Crippen LogP contribution is 2.39. The summed E-state index contributed by atoms with van der Waals surface area (Å²) in [5.41, 5.74) is 3.62. The fraction of sp³-hybridized carbons (Fsp3) is 0.406. The van der Waals surface area contributed by atoms with Crippen LogP contribution < -0.4 is 14.2 Å². The zero-order valence-electron chi connectivity index (χ0n) is 24.5. The van der Waals surface area contributed by atoms with Gasteiger partial charge in [0, 0.05) is 25.2 Å². The minimum atomic E-state index is -3.66. The lowest BCUT2D eigenvalue weighted by Gasteiger charge is -2.37. The van der Waals surface area contributed by atoms with Crippen molar-refractivity contribution >= 4 is 15.9 Å². The molecule has 9 nitrogen and oxygen atoms in total. The van der Waals surface area contributed by atoms with E-state index >= 15 is 0 Å². The molecule has 1 saturated heterocycles. The molecule has 2 aliphatic heterocycles. The molecule has 0 aromatic heterocycles. The first-order valence-corrected chi connectivity index (χ1v) is 15.6. The third-order valence-electron chi connectivity index (χ3n) is 7.93. The van der Waals surface area contributed by atoms with Gasteiger partial charge in [-0.2, -0.15) is 4.31 Å². The van der Waals surface area contributed by atoms with Crippen LogP contribution in [0.4, 0.5) is 0 Å². The quantitative estimate of drug-likeness (QED) is 0.356. The average Bonchev–Trinajstić information content (AvgIpc) is 3.03. The standard InChI is InChI=1S/C32H38N2O7S/c1-22(2)23-5-9-26(10-6-23)41-21-29-28-20-31(39-4)30(38-3)19-25(28)13-14-34(29)32(35)24-7-11-27(12-8-24)42(36,37)33-15-17-40-18-16-33/h5-12,19-20,22,29H,13-18,21H2,1-4H3. The number of sulfonamides is 1. The molecule has 3 aromatic rings. The largest absolute Gasteiger partial charge is 0.493 e. The van der Waals surface area contributed by atoms with Gasteiger partial charge in [-0.25, -0.2) is 8.42 Å². The van der Waals surface area contributed by atoms with Gasteiger partial charge in [-0.15, -0.1) is 0 Å². The van der Waals surface area contributed by atoms with Crippen LogP contribution in [-0.4, -0.2) is 77.2 Å². The van der Waals surface area contributed by atoms with Gasteiger partial charge in [-0.05, 0) is 77.6 Å². The van der Waals surface area contributed by atoms with Crippen LogP contribution in [0.15, 0.2) is 65.6 Å². The molecule has 5 rings (SSSR count). The van der Waals surface area contributed by atoms with E-state index in [1.807, 2.05) is 24.3 Å². The summed E-state index contributed by atoms with van der Waals surface area (Å²) in [6, 6.07) is 17.7. The van der Waals surface area contributed by atoms with E-state index < -0.39 is 16.1 Å². The van der Waals surface area contributed by atoms with Crippen molar-refractivity contribution in [2.45, 2.75) is 37.1 Å². The summed E-state index contributed by atoms with van der Waals surface area (Å²) in [5.74, 6) is 2.15. The third kappa shape index (κ3) is 6.11. The maximum Gasteiger partial charge on any atom is 0.254 e. The van der Waals surface area contributed by atoms with Crippen molar-refractivity contribution in [2.75, 3.05) is 53.7 Å². The number of rotatable bonds is 9. The number of hydrogen-bond donors (Lipinski definition) is 0. The molecule has 0 N–H and O–H groups in total. The second-order valence-electron chi connectivity index (χ2n) is 10.7. The van der Waals surface area contributed by atoms with Crippen LogP contribution in [0.25, 0.3) is 0 Å². The van der Waals surface area contributed by atoms with Gasteiger partial charge in [0.15, 0.2) is 11.5 Å². The Morgan fingerprint density at radius 1 is 0.929 bits per heavy atom. The number of carbonyl (C=O) groups is 1. The van der Waals surface area contributed by atoms with Gasteiger partial charge in [-0.1, -0.05) is 26.0 Å². The average molecular weight is 595 g/mol. The van der Waals surface area contributed by atoms with Crippen LogP contribution in [0, 0.1) is 0 Å². The highest BCUT2D eigenvalue weighted by Gasteiger charge is 2.34. The molecule has 1 fully saturated rings. The summed E-state index contributed by atoms with van der Waals surface area (Å²) in [6.45, 7) is 6.35. The normalized spacial score (nSPS) is 17.5. The third-order valence-corrected chi connectivity index (χ3v) is 9.84. The molecule has 2 aliphatic rings. The van der Waals surface area contributed by atoms with E-state index in [2.05, 4.69) is 26.0 Å². The summed E-state index contributed by atoms with van der Waals surface area (Å²) in [7, 11) is -0.468. The van der Waals surface area contributed by atoms with E-state index in [0.29, 0.717) is 62.2 Å². The highest BCUT2D eigenvalue weighted by atomic mass is 32.2. The van der Waals surface area contributed by atoms with Gasteiger partial charge >= 0.3 is 0 Å². The molecule has 3 aromatic carbocycles. The number of ether oxygens (including phenoxy) is 4. The number of amides is 1. The van der Waals surface area contributed by atoms with E-state index in [-0.39, 0.29) is 17.4 Å². The lowest BCUT2D eigenvalue weighted by atomic mass is 9.91. The van der Waals surface area contributed by atoms with Crippen molar-refractivity contribution in [3.63, 3.8) is 0 Å². The van der Waals surface area contributed by atoms with Crippen molar-refractivity contribution in [1.82, 2.24) is 9.21 Å². The van der Waals surface area contributed by atoms with Crippen LogP contribution in [-0.2, 0) is 21.2 Å². The molecule has 0 saturated carbocycles. The van der Waals surface area contributed by atoms with E-state index in [0.717, 1.165) is 16.9 Å². The molecule has 2 heterocycles. The number of benzene rings is 3. The lowest BCUT2D eigenvalue weighted by Crippen LogP contribution is -2.42. The topological polar surface area (TPSA) is 94.6 Å². The molecule has 0 aliphatic carbocycles. The van der Waals surface area contributed by atoms with Crippen molar-refractivity contribution in [2.24, 2.45) is 0 Å². The predicted octanol–water partition coefficient (Wildman–Crippen LogP) is 4.67. The summed E-state index contributed by atoms with van der Waals surface area (Å²) in [4.78, 5) is 15.9. The SMILES string of the molecule is COc1cc2c(cc1OC)C(COc1ccc(C(C)C)cc1)N(C(=O)c1ccc(S(=O)(=O)N3CCOCC3)cc1)CC2. The number of morpholine rings is 1. The van der Waals surface area contributed by atoms with E-state index in [4.69, 9.17) is 18.9 Å². The fourth-order valence-corrected chi connectivity index (χ4v) is 6.85. The fourth-order valence-electron chi connectivity index (χ4n) is 5.45. The molecular weight excluding hydrogens is 556 g/mol. The van der Waals surface area contributed by atoms with Crippen LogP contribution in [0.1, 0.15) is 52.9 Å². The van der Waals surface area contributed by atoms with Crippen LogP contribution in [0.3, 0.4) is 0 Å². The minimum Gasteiger partial charge on any atom is -0.493 e. The maximum absolute atomic E-state index is 13.9. The molecule has 42 heavy (non-hydrogen) atoms. The zero-order chi connectivity index (χ0) is 29.9. The summed E-state index contributed by atoms with van der Waals surface area (Å²) < 4.78 is 50.2. The van der Waals surface area contributed by atoms with Crippen LogP contribution in [0.5, 0.6) is 17.2 Å². The summed E-state index contributed by atoms with van der Waals surface area (Å²) in [6.07, 6.45) is 0.629. The molecule has 10 heteroatoms. The smallest absolute Gasteiger partial charge is 0.254 e. The number of nitrogens with zero attached hydrogens (tertiary/aromatic N) is 2. The first-order chi connectivity index (χ1) is 20.2. The van der Waals surface area contributed by atoms with E-state index in [1.54, 1.807) is 31.3 Å². The Kier molecular flexibility index (Phi) is 9.05. The van der Waals surface area contributed by atoms with Gasteiger partial charge in [0.2, 0.25) is 10.0 Å². The molecule has 0 spiro atoms. The molecule has 0 radical (unpaired) electrons. The molecule has 0 bridgehead atoms. The number of carbonyl (C=O) groups excluding carboxylic acids is 1. The molecule has 1 unspecified atom stereocenters. The second kappa shape index (κ2) is 12.7. The van der Waals surface area contributed by atoms with E-state index in [1.165, 1.54) is 22.0 Å². The predicted molar refractivity (Wildman–Crippen MR) is 159 cm³/mol. The first-order valence-electron chi connectivity index (χ1n) is 14.2. The number of hydrogen-bond acceptors (Lipinski definition) is 7. The summed E-state index contributed by atoms with van der Waals surface area (Å²) >= 11 is 0. The highest BCUT2D eigenvalue weighted by molar-refractivity contribution is 7.89. The van der Waals surface area contributed by atoms with Gasteiger partial charge in [-0.3, -0.25) is 4.79 Å². The summed E-state index contributed by atoms with van der Waals surface area (Å²) in [5, 5.41) is 0. The zero-order valence-corrected chi connectivity index (χ0v) is 25.4. The maximum atomic E-state index is 13.9. The Bertz CT molecular complexity index is 1500. The van der Waals surface area contributed by atoms with Crippen molar-refractivity contribution < 1.29 is 32.2 Å². The number of methoxy groups -OCH3 is 2. The second-order valence-corrected chi connectivity index (χ2v) is 12.7. The Hall–Kier alpha value is -3.60. The Labute approximate surface area is 248 Å². The minimum absolute atomic E-state index is 0.159. The Morgan fingerprint density at radius 2 is 1.57 bits per heavy atom. The van der Waals surface area contributed by atoms with Crippen molar-refractivity contribution in [3.05, 3.63) is 82.9 Å². The molecule has 224 valence electrons. The first kappa shape index (κ1) is 29.9. The van der Waals surface area contributed by atoms with Crippen molar-refractivity contribution in [1.29, 1.82) is 0 Å². The lowest BCUT2D eigenvalue weighted by molar-refractivity contribution is 0.0589. The molecule has 1 atom stereocenters. The van der Waals surface area contributed by atoms with Crippen LogP contribution >= 0.6 is 0 Å². The molecular formula is C32H38N2O7S. The van der Waals surface area contributed by atoms with Gasteiger partial charge < -0.3 is 23.8 Å². The van der Waals surface area contributed by atoms with Crippen LogP contribution in [0.2, 0.25) is 0 Å². The number of fused-ring (bicyclic) bond motifs is 1. The van der Waals surface area contributed by atoms with Gasteiger partial charge in [0.05, 0.1) is 38.4 Å². The van der Waals surface area contributed by atoms with Gasteiger partial charge in [0.1, 0.15) is 12.4 Å². The van der Waals surface area contributed by atoms with Crippen molar-refractivity contribution in [3.8, 4) is 17.2 Å². The molecule has 1 amide bonds. The monoisotopic (exact) mass is 594 g/mol. The Morgan fingerprint density at radius 3 is 2.19 bits per heavy atom. The van der Waals surface area contributed by atoms with Gasteiger partial charge in [0.25, 0.3) is 5.91 Å². The van der Waals surface area contributed by atoms with E-state index in [9.17, 15) is 13.2 Å². The Balaban J connectivity index is 1.42.